The quantitative estimate of drug-likeness (QED) is 0.789. The predicted octanol–water partition coefficient (Wildman–Crippen LogP) is 1.72. The van der Waals surface area contributed by atoms with Crippen molar-refractivity contribution in [1.29, 1.82) is 0 Å². The topological polar surface area (TPSA) is 54.4 Å². The summed E-state index contributed by atoms with van der Waals surface area (Å²) in [6.07, 6.45) is 2.85. The second-order valence-corrected chi connectivity index (χ2v) is 3.85. The number of rotatable bonds is 2. The first-order valence-electron chi connectivity index (χ1n) is 3.71. The number of carbonyl (C=O) groups excluding carboxylic acids is 1. The summed E-state index contributed by atoms with van der Waals surface area (Å²) in [5, 5.41) is 8.46. The van der Waals surface area contributed by atoms with Gasteiger partial charge in [0.1, 0.15) is 0 Å². The minimum atomic E-state index is -0.903. The molecule has 1 atom stereocenters. The molecule has 0 aromatic carbocycles. The smallest absolute Gasteiger partial charge is 0.304 e. The van der Waals surface area contributed by atoms with Crippen LogP contribution in [0.25, 0.3) is 0 Å². The average Bonchev–Trinajstić information content (AvgIpc) is 1.94. The molecule has 0 aromatic rings. The Bertz CT molecular complexity index is 245. The Morgan fingerprint density at radius 3 is 2.92 bits per heavy atom. The number of carboxylic acid groups (broad SMARTS) is 1. The number of ketones is 1. The van der Waals surface area contributed by atoms with E-state index in [2.05, 4.69) is 15.9 Å². The molecule has 1 N–H and O–H groups in total. The van der Waals surface area contributed by atoms with E-state index in [9.17, 15) is 9.59 Å². The van der Waals surface area contributed by atoms with Crippen LogP contribution in [-0.2, 0) is 9.59 Å². The molecule has 0 aromatic heterocycles. The Kier molecular flexibility index (Phi) is 3.03. The number of aliphatic carboxylic acids is 1. The lowest BCUT2D eigenvalue weighted by atomic mass is 9.90. The van der Waals surface area contributed by atoms with Crippen LogP contribution in [0.5, 0.6) is 0 Å². The van der Waals surface area contributed by atoms with Gasteiger partial charge < -0.3 is 5.11 Å². The summed E-state index contributed by atoms with van der Waals surface area (Å²) in [6, 6.07) is 0. The van der Waals surface area contributed by atoms with Crippen molar-refractivity contribution in [2.45, 2.75) is 19.3 Å². The van der Waals surface area contributed by atoms with Gasteiger partial charge in [-0.3, -0.25) is 9.59 Å². The average molecular weight is 233 g/mol. The largest absolute Gasteiger partial charge is 0.481 e. The SMILES string of the molecule is O=C(O)CC1CCC(Br)=CC1=O. The van der Waals surface area contributed by atoms with Crippen LogP contribution in [0.15, 0.2) is 10.6 Å². The Hall–Kier alpha value is -0.640. The molecule has 66 valence electrons. The van der Waals surface area contributed by atoms with E-state index in [-0.39, 0.29) is 18.1 Å². The van der Waals surface area contributed by atoms with Crippen molar-refractivity contribution in [2.75, 3.05) is 0 Å². The number of hydrogen-bond donors (Lipinski definition) is 1. The third-order valence-corrected chi connectivity index (χ3v) is 2.48. The lowest BCUT2D eigenvalue weighted by molar-refractivity contribution is -0.140. The molecule has 0 spiro atoms. The van der Waals surface area contributed by atoms with Crippen molar-refractivity contribution in [2.24, 2.45) is 5.92 Å². The van der Waals surface area contributed by atoms with E-state index in [0.717, 1.165) is 10.9 Å². The molecular weight excluding hydrogens is 224 g/mol. The Labute approximate surface area is 78.6 Å². The number of allylic oxidation sites excluding steroid dienone is 2. The zero-order valence-corrected chi connectivity index (χ0v) is 8.00. The summed E-state index contributed by atoms with van der Waals surface area (Å²) < 4.78 is 0.870. The molecule has 0 heterocycles. The van der Waals surface area contributed by atoms with Gasteiger partial charge in [-0.1, -0.05) is 15.9 Å². The van der Waals surface area contributed by atoms with Crippen molar-refractivity contribution in [3.63, 3.8) is 0 Å². The van der Waals surface area contributed by atoms with Crippen LogP contribution in [0.1, 0.15) is 19.3 Å². The first-order valence-corrected chi connectivity index (χ1v) is 4.50. The van der Waals surface area contributed by atoms with Gasteiger partial charge in [-0.15, -0.1) is 0 Å². The minimum absolute atomic E-state index is 0.0460. The van der Waals surface area contributed by atoms with E-state index >= 15 is 0 Å². The van der Waals surface area contributed by atoms with Crippen LogP contribution >= 0.6 is 15.9 Å². The van der Waals surface area contributed by atoms with E-state index < -0.39 is 5.97 Å². The molecule has 0 saturated carbocycles. The molecule has 1 aliphatic carbocycles. The summed E-state index contributed by atoms with van der Waals surface area (Å²) in [6.45, 7) is 0. The lowest BCUT2D eigenvalue weighted by Crippen LogP contribution is -2.19. The summed E-state index contributed by atoms with van der Waals surface area (Å²) in [4.78, 5) is 21.5. The first kappa shape index (κ1) is 9.45. The maximum Gasteiger partial charge on any atom is 0.304 e. The fourth-order valence-electron chi connectivity index (χ4n) is 1.21. The third-order valence-electron chi connectivity index (χ3n) is 1.85. The molecule has 4 heteroatoms. The molecule has 0 fully saturated rings. The molecule has 0 amide bonds. The van der Waals surface area contributed by atoms with Crippen LogP contribution in [0.3, 0.4) is 0 Å². The second kappa shape index (κ2) is 3.85. The van der Waals surface area contributed by atoms with Crippen LogP contribution in [0.2, 0.25) is 0 Å². The van der Waals surface area contributed by atoms with Crippen LogP contribution in [0.4, 0.5) is 0 Å². The van der Waals surface area contributed by atoms with Crippen molar-refractivity contribution >= 4 is 27.7 Å². The van der Waals surface area contributed by atoms with Gasteiger partial charge in [-0.25, -0.2) is 0 Å². The fourth-order valence-corrected chi connectivity index (χ4v) is 1.67. The van der Waals surface area contributed by atoms with Gasteiger partial charge in [0, 0.05) is 5.92 Å². The highest BCUT2D eigenvalue weighted by Gasteiger charge is 2.23. The standard InChI is InChI=1S/C8H9BrO3/c9-6-2-1-5(3-8(11)12)7(10)4-6/h4-5H,1-3H2,(H,11,12). The monoisotopic (exact) mass is 232 g/mol. The molecule has 0 radical (unpaired) electrons. The van der Waals surface area contributed by atoms with Gasteiger partial charge in [-0.2, -0.15) is 0 Å². The van der Waals surface area contributed by atoms with E-state index in [0.29, 0.717) is 6.42 Å². The highest BCUT2D eigenvalue weighted by Crippen LogP contribution is 2.26. The molecular formula is C8H9BrO3. The van der Waals surface area contributed by atoms with E-state index in [4.69, 9.17) is 5.11 Å². The first-order chi connectivity index (χ1) is 5.59. The Morgan fingerprint density at radius 2 is 2.42 bits per heavy atom. The predicted molar refractivity (Wildman–Crippen MR) is 47.0 cm³/mol. The normalized spacial score (nSPS) is 23.6. The number of carboxylic acids is 1. The summed E-state index contributed by atoms with van der Waals surface area (Å²) in [5.74, 6) is -1.29. The highest BCUT2D eigenvalue weighted by atomic mass is 79.9. The van der Waals surface area contributed by atoms with Gasteiger partial charge in [0.15, 0.2) is 5.78 Å². The molecule has 0 aliphatic heterocycles. The zero-order chi connectivity index (χ0) is 9.14. The second-order valence-electron chi connectivity index (χ2n) is 2.83. The Balaban J connectivity index is 2.59. The van der Waals surface area contributed by atoms with Gasteiger partial charge in [0.05, 0.1) is 6.42 Å². The van der Waals surface area contributed by atoms with Crippen molar-refractivity contribution in [3.05, 3.63) is 10.6 Å². The van der Waals surface area contributed by atoms with Gasteiger partial charge in [0.2, 0.25) is 0 Å². The number of hydrogen-bond acceptors (Lipinski definition) is 2. The van der Waals surface area contributed by atoms with Crippen LogP contribution in [-0.4, -0.2) is 16.9 Å². The van der Waals surface area contributed by atoms with E-state index in [1.807, 2.05) is 0 Å². The summed E-state index contributed by atoms with van der Waals surface area (Å²) >= 11 is 3.22. The van der Waals surface area contributed by atoms with Crippen molar-refractivity contribution in [3.8, 4) is 0 Å². The van der Waals surface area contributed by atoms with Gasteiger partial charge in [-0.05, 0) is 23.4 Å². The summed E-state index contributed by atoms with van der Waals surface area (Å²) in [7, 11) is 0. The van der Waals surface area contributed by atoms with E-state index in [1.54, 1.807) is 0 Å². The number of carbonyl (C=O) groups is 2. The highest BCUT2D eigenvalue weighted by molar-refractivity contribution is 9.11. The maximum atomic E-state index is 11.2. The fraction of sp³-hybridized carbons (Fsp3) is 0.500. The minimum Gasteiger partial charge on any atom is -0.481 e. The van der Waals surface area contributed by atoms with Crippen LogP contribution < -0.4 is 0 Å². The molecule has 1 rings (SSSR count). The van der Waals surface area contributed by atoms with Gasteiger partial charge in [0.25, 0.3) is 0 Å². The summed E-state index contributed by atoms with van der Waals surface area (Å²) in [5.41, 5.74) is 0. The molecule has 3 nitrogen and oxygen atoms in total. The lowest BCUT2D eigenvalue weighted by Gasteiger charge is -2.15. The molecule has 1 unspecified atom stereocenters. The molecule has 0 saturated heterocycles. The molecule has 0 bridgehead atoms. The molecule has 1 aliphatic rings. The van der Waals surface area contributed by atoms with Crippen molar-refractivity contribution in [1.82, 2.24) is 0 Å². The van der Waals surface area contributed by atoms with Gasteiger partial charge >= 0.3 is 5.97 Å². The zero-order valence-electron chi connectivity index (χ0n) is 6.42. The van der Waals surface area contributed by atoms with Crippen molar-refractivity contribution < 1.29 is 14.7 Å². The van der Waals surface area contributed by atoms with Crippen LogP contribution in [0, 0.1) is 5.92 Å². The Morgan fingerprint density at radius 1 is 1.75 bits per heavy atom. The van der Waals surface area contributed by atoms with E-state index in [1.165, 1.54) is 6.08 Å². The number of halogens is 1. The third kappa shape index (κ3) is 2.44. The molecule has 12 heavy (non-hydrogen) atoms. The maximum absolute atomic E-state index is 11.2.